The minimum absolute atomic E-state index is 0. The maximum absolute atomic E-state index is 12.5. The van der Waals surface area contributed by atoms with E-state index in [0.717, 1.165) is 71.1 Å². The highest BCUT2D eigenvalue weighted by atomic mass is 32.1. The predicted molar refractivity (Wildman–Crippen MR) is 381 cm³/mol. The second kappa shape index (κ2) is 41.5. The summed E-state index contributed by atoms with van der Waals surface area (Å²) in [4.78, 5) is 79.0. The number of allylic oxidation sites excluding steroid dienone is 1. The van der Waals surface area contributed by atoms with Gasteiger partial charge in [0.1, 0.15) is 28.3 Å². The molecular weight excluding hydrogens is 1240 g/mol. The molecule has 29 N–H and O–H groups in total. The second-order valence-electron chi connectivity index (χ2n) is 19.4. The van der Waals surface area contributed by atoms with Gasteiger partial charge in [0, 0.05) is 90.0 Å². The van der Waals surface area contributed by atoms with Crippen LogP contribution in [0.5, 0.6) is 0 Å². The van der Waals surface area contributed by atoms with Crippen LogP contribution < -0.4 is 77.8 Å². The third kappa shape index (κ3) is 20.5. The van der Waals surface area contributed by atoms with E-state index in [4.69, 9.17) is 32.5 Å². The van der Waals surface area contributed by atoms with Gasteiger partial charge in [-0.3, -0.25) is 14.4 Å². The van der Waals surface area contributed by atoms with Crippen LogP contribution in [0.15, 0.2) is 135 Å². The average molecular weight is 1330 g/mol. The molecule has 4 aliphatic heterocycles. The summed E-state index contributed by atoms with van der Waals surface area (Å²) in [5.74, 6) is 4.89. The number of anilines is 12. The number of carbonyl (C=O) groups is 3. The molecule has 31 nitrogen and oxygen atoms in total. The summed E-state index contributed by atoms with van der Waals surface area (Å²) in [6, 6.07) is 22.3. The highest BCUT2D eigenvalue weighted by Crippen LogP contribution is 2.38. The van der Waals surface area contributed by atoms with E-state index in [0.29, 0.717) is 113 Å². The molecule has 0 fully saturated rings. The van der Waals surface area contributed by atoms with Gasteiger partial charge in [0.2, 0.25) is 0 Å². The first-order valence-corrected chi connectivity index (χ1v) is 28.8. The first kappa shape index (κ1) is 85.0. The Bertz CT molecular complexity index is 3640. The lowest BCUT2D eigenvalue weighted by atomic mass is 10.1. The molecule has 0 saturated carbocycles. The Hall–Kier alpha value is -10.0. The van der Waals surface area contributed by atoms with Gasteiger partial charge in [0.25, 0.3) is 17.7 Å². The number of pyridine rings is 8. The third-order valence-electron chi connectivity index (χ3n) is 13.5. The number of hydrogen-bond acceptors (Lipinski definition) is 25. The van der Waals surface area contributed by atoms with Crippen LogP contribution in [0, 0.1) is 0 Å². The quantitative estimate of drug-likeness (QED) is 0.0386. The number of ether oxygens (including phenoxy) is 2. The van der Waals surface area contributed by atoms with Crippen molar-refractivity contribution in [1.82, 2.24) is 70.6 Å². The van der Waals surface area contributed by atoms with Crippen LogP contribution in [0.4, 0.5) is 69.3 Å². The van der Waals surface area contributed by atoms with Crippen molar-refractivity contribution in [2.24, 2.45) is 5.73 Å². The Morgan fingerprint density at radius 1 is 0.484 bits per heavy atom. The van der Waals surface area contributed by atoms with Crippen molar-refractivity contribution in [3.05, 3.63) is 180 Å². The van der Waals surface area contributed by atoms with Gasteiger partial charge in [-0.05, 0) is 148 Å². The highest BCUT2D eigenvalue weighted by Gasteiger charge is 2.29. The number of thiocarbonyl (C=S) groups is 1. The number of aliphatic hydroxyl groups excluding tert-OH is 1. The van der Waals surface area contributed by atoms with Gasteiger partial charge in [-0.2, -0.15) is 0 Å². The van der Waals surface area contributed by atoms with Crippen LogP contribution in [0.3, 0.4) is 0 Å². The van der Waals surface area contributed by atoms with Crippen LogP contribution in [-0.2, 0) is 35.2 Å². The zero-order valence-corrected chi connectivity index (χ0v) is 55.4. The molecular formula is C63H92N22O9S. The first-order valence-electron chi connectivity index (χ1n) is 28.4. The maximum atomic E-state index is 12.5. The largest absolute Gasteiger partial charge is 0.412 e. The zero-order valence-electron chi connectivity index (χ0n) is 54.5. The Morgan fingerprint density at radius 2 is 0.842 bits per heavy atom. The first-order chi connectivity index (χ1) is 42.4. The van der Waals surface area contributed by atoms with Crippen LogP contribution in [-0.4, -0.2) is 144 Å². The van der Waals surface area contributed by atoms with Gasteiger partial charge in [0.15, 0.2) is 23.3 Å². The van der Waals surface area contributed by atoms with Crippen molar-refractivity contribution in [2.45, 2.75) is 53.4 Å². The number of nitrogens with one attached hydrogen (secondary N) is 5. The zero-order chi connectivity index (χ0) is 61.8. The molecule has 8 aromatic rings. The fourth-order valence-electron chi connectivity index (χ4n) is 9.49. The number of amides is 3. The van der Waals surface area contributed by atoms with Gasteiger partial charge in [-0.1, -0.05) is 25.2 Å². The molecule has 0 radical (unpaired) electrons. The number of fused-ring (bicyclic) bond motifs is 8. The molecule has 0 atom stereocenters. The van der Waals surface area contributed by atoms with Crippen molar-refractivity contribution in [2.75, 3.05) is 102 Å². The van der Waals surface area contributed by atoms with Crippen molar-refractivity contribution in [3.8, 4) is 0 Å². The molecule has 0 aromatic carbocycles. The molecule has 514 valence electrons. The topological polar surface area (TPSA) is 558 Å². The van der Waals surface area contributed by atoms with Gasteiger partial charge >= 0.3 is 0 Å². The van der Waals surface area contributed by atoms with Crippen molar-refractivity contribution in [1.29, 1.82) is 0 Å². The maximum Gasteiger partial charge on any atom is 0.259 e. The minimum Gasteiger partial charge on any atom is -0.412 e. The van der Waals surface area contributed by atoms with E-state index in [1.165, 1.54) is 0 Å². The number of rotatable bonds is 13. The molecule has 8 aromatic heterocycles. The Kier molecular flexibility index (Phi) is 37.1. The Morgan fingerprint density at radius 3 is 1.26 bits per heavy atom. The van der Waals surface area contributed by atoms with Crippen LogP contribution >= 0.6 is 12.2 Å². The van der Waals surface area contributed by atoms with Crippen LogP contribution in [0.25, 0.3) is 0 Å². The SMILES string of the molecule is C=CCc1cnc2c(c1)C(=O)Nc1cccnc1N2.CCN.CCN1c2ncccc2NC(=O)c2cc(CCO)cnc21.CCN1c2ncccc2NC(=O)c2cc(CCOC)cnc21.CCN1c2ncccc2NC(=S)c2cc(CCOC)cnc21.N.N.N.N.N.O.O.O. The molecule has 3 amide bonds. The number of carbonyl (C=O) groups excluding carboxylic acids is 3. The summed E-state index contributed by atoms with van der Waals surface area (Å²) in [6.07, 6.45) is 18.4. The summed E-state index contributed by atoms with van der Waals surface area (Å²) in [5, 5.41) is 24.0. The van der Waals surface area contributed by atoms with Gasteiger partial charge in [0.05, 0.1) is 58.2 Å². The van der Waals surface area contributed by atoms with E-state index < -0.39 is 0 Å². The fourth-order valence-corrected chi connectivity index (χ4v) is 9.75. The fraction of sp³-hybridized carbons (Fsp3) is 0.270. The third-order valence-corrected chi connectivity index (χ3v) is 13.9. The normalized spacial score (nSPS) is 11.7. The van der Waals surface area contributed by atoms with Crippen LogP contribution in [0.1, 0.15) is 86.6 Å². The van der Waals surface area contributed by atoms with Crippen molar-refractivity contribution >= 4 is 104 Å². The van der Waals surface area contributed by atoms with Gasteiger partial charge < -0.3 is 109 Å². The van der Waals surface area contributed by atoms with Gasteiger partial charge in [-0.15, -0.1) is 6.58 Å². The molecule has 12 heterocycles. The standard InChI is InChI=1S/C16H18N4O2.C16H18N4OS.C15H16N4O2.C14H12N4O.C2H7N.5H3N.3H2O/c1-3-20-14-12(9-11(10-18-14)6-8-22-2)16(21)19-13-5-4-7-17-15(13)20;1-3-20-14-12(9-11(10-18-14)6-8-21-2)16(22)19-13-5-4-7-17-15(13)20;1-2-19-13-11(8-10(5-7-20)9-17-13)15(21)18-12-4-3-6-16-14(12)19;1-2-4-9-7-10-12(16-8-9)18-13-11(17-14(10)19)5-3-6-15-13;1-2-3;;;;;;;;/h4-5,7,9-10H,3,6,8H2,1-2H3,(H,19,21);4-5,7,9-10H,3,6,8H2,1-2H3,(H,19,22);3-4,6,8-9,20H,2,5,7H2,1H3,(H,18,21);2-3,5-8H,1,4H2,(H,17,19)(H,15,16,18);2-3H2,1H3;5*1H3;3*1H2. The number of aromatic nitrogens is 8. The lowest BCUT2D eigenvalue weighted by Crippen LogP contribution is -2.20. The lowest BCUT2D eigenvalue weighted by Gasteiger charge is -2.22. The number of nitrogens with zero attached hydrogens (tertiary/aromatic N) is 11. The monoisotopic (exact) mass is 1330 g/mol. The van der Waals surface area contributed by atoms with E-state index >= 15 is 0 Å². The van der Waals surface area contributed by atoms with E-state index in [9.17, 15) is 14.4 Å². The van der Waals surface area contributed by atoms with Crippen molar-refractivity contribution in [3.63, 3.8) is 0 Å². The van der Waals surface area contributed by atoms with E-state index in [1.54, 1.807) is 94.0 Å². The van der Waals surface area contributed by atoms with Crippen molar-refractivity contribution < 1.29 is 45.4 Å². The summed E-state index contributed by atoms with van der Waals surface area (Å²) in [5.41, 5.74) is 14.2. The molecule has 32 heteroatoms. The van der Waals surface area contributed by atoms with E-state index in [-0.39, 0.29) is 71.5 Å². The van der Waals surface area contributed by atoms with E-state index in [2.05, 4.69) is 90.9 Å². The molecule has 0 bridgehead atoms. The number of aliphatic hydroxyl groups is 1. The smallest absolute Gasteiger partial charge is 0.259 e. The summed E-state index contributed by atoms with van der Waals surface area (Å²) in [6.45, 7) is 15.8. The van der Waals surface area contributed by atoms with Gasteiger partial charge in [-0.25, -0.2) is 39.9 Å². The molecule has 0 unspecified atom stereocenters. The Labute approximate surface area is 558 Å². The molecule has 95 heavy (non-hydrogen) atoms. The number of nitrogens with two attached hydrogens (primary N) is 1. The second-order valence-corrected chi connectivity index (χ2v) is 19.8. The molecule has 0 saturated heterocycles. The predicted octanol–water partition coefficient (Wildman–Crippen LogP) is 7.86. The molecule has 4 aliphatic rings. The minimum atomic E-state index is -0.206. The average Bonchev–Trinajstić information content (AvgIpc) is 1.67. The number of hydrogen-bond donors (Lipinski definition) is 12. The Balaban J connectivity index is 0.00000119. The number of methoxy groups -OCH3 is 2. The summed E-state index contributed by atoms with van der Waals surface area (Å²) in [7, 11) is 3.36. The molecule has 12 rings (SSSR count). The summed E-state index contributed by atoms with van der Waals surface area (Å²) >= 11 is 5.56. The molecule has 0 aliphatic carbocycles. The van der Waals surface area contributed by atoms with Crippen LogP contribution in [0.2, 0.25) is 0 Å². The van der Waals surface area contributed by atoms with E-state index in [1.807, 2.05) is 73.2 Å². The highest BCUT2D eigenvalue weighted by molar-refractivity contribution is 7.81. The lowest BCUT2D eigenvalue weighted by molar-refractivity contribution is 0.101. The molecule has 0 spiro atoms. The summed E-state index contributed by atoms with van der Waals surface area (Å²) < 4.78 is 10.2.